The Morgan fingerprint density at radius 3 is 2.65 bits per heavy atom. The third-order valence-corrected chi connectivity index (χ3v) is 2.65. The molecule has 104 valence electrons. The van der Waals surface area contributed by atoms with Crippen molar-refractivity contribution in [2.24, 2.45) is 0 Å². The normalized spacial score (nSPS) is 10.4. The van der Waals surface area contributed by atoms with Crippen LogP contribution in [0.1, 0.15) is 11.1 Å². The van der Waals surface area contributed by atoms with Crippen molar-refractivity contribution in [1.82, 2.24) is 4.98 Å². The highest BCUT2D eigenvalue weighted by molar-refractivity contribution is 5.91. The SMILES string of the molecule is Cc1ccnc(NC(=O)Cc2ccc(F)c(F)c2F)c1. The highest BCUT2D eigenvalue weighted by Gasteiger charge is 2.15. The first-order chi connectivity index (χ1) is 9.47. The molecule has 6 heteroatoms. The van der Waals surface area contributed by atoms with E-state index in [4.69, 9.17) is 0 Å². The Bertz CT molecular complexity index is 659. The molecule has 20 heavy (non-hydrogen) atoms. The molecule has 0 aliphatic rings. The average molecular weight is 280 g/mol. The summed E-state index contributed by atoms with van der Waals surface area (Å²) in [6.45, 7) is 1.83. The Balaban J connectivity index is 2.11. The number of carbonyl (C=O) groups excluding carboxylic acids is 1. The van der Waals surface area contributed by atoms with E-state index in [0.717, 1.165) is 17.7 Å². The molecule has 0 atom stereocenters. The fourth-order valence-corrected chi connectivity index (χ4v) is 1.67. The zero-order chi connectivity index (χ0) is 14.7. The van der Waals surface area contributed by atoms with Crippen molar-refractivity contribution in [3.63, 3.8) is 0 Å². The van der Waals surface area contributed by atoms with Crippen molar-refractivity contribution in [2.75, 3.05) is 5.32 Å². The molecule has 3 nitrogen and oxygen atoms in total. The summed E-state index contributed by atoms with van der Waals surface area (Å²) in [6.07, 6.45) is 1.11. The Morgan fingerprint density at radius 2 is 1.95 bits per heavy atom. The summed E-state index contributed by atoms with van der Waals surface area (Å²) in [6, 6.07) is 5.22. The van der Waals surface area contributed by atoms with Gasteiger partial charge >= 0.3 is 0 Å². The van der Waals surface area contributed by atoms with E-state index in [0.29, 0.717) is 5.82 Å². The standard InChI is InChI=1S/C14H11F3N2O/c1-8-4-5-18-11(6-8)19-12(20)7-9-2-3-10(15)14(17)13(9)16/h2-6H,7H2,1H3,(H,18,19,20). The van der Waals surface area contributed by atoms with Crippen LogP contribution in [0.5, 0.6) is 0 Å². The first kappa shape index (κ1) is 14.0. The highest BCUT2D eigenvalue weighted by atomic mass is 19.2. The number of anilines is 1. The molecule has 0 fully saturated rings. The van der Waals surface area contributed by atoms with Crippen LogP contribution in [-0.4, -0.2) is 10.9 Å². The molecule has 1 heterocycles. The van der Waals surface area contributed by atoms with Crippen molar-refractivity contribution in [3.05, 3.63) is 59.0 Å². The maximum atomic E-state index is 13.4. The van der Waals surface area contributed by atoms with Crippen molar-refractivity contribution in [3.8, 4) is 0 Å². The van der Waals surface area contributed by atoms with Crippen molar-refractivity contribution in [2.45, 2.75) is 13.3 Å². The second-order valence-corrected chi connectivity index (χ2v) is 4.28. The van der Waals surface area contributed by atoms with E-state index in [-0.39, 0.29) is 5.56 Å². The minimum atomic E-state index is -1.58. The molecule has 0 unspecified atom stereocenters. The van der Waals surface area contributed by atoms with Crippen LogP contribution in [0.2, 0.25) is 0 Å². The Kier molecular flexibility index (Phi) is 4.02. The number of rotatable bonds is 3. The number of aryl methyl sites for hydroxylation is 1. The van der Waals surface area contributed by atoms with Gasteiger partial charge in [-0.2, -0.15) is 0 Å². The molecule has 1 amide bonds. The van der Waals surface area contributed by atoms with Crippen molar-refractivity contribution >= 4 is 11.7 Å². The average Bonchev–Trinajstić information content (AvgIpc) is 2.39. The van der Waals surface area contributed by atoms with Crippen molar-refractivity contribution < 1.29 is 18.0 Å². The van der Waals surface area contributed by atoms with E-state index in [1.54, 1.807) is 12.1 Å². The summed E-state index contributed by atoms with van der Waals surface area (Å²) in [5, 5.41) is 2.46. The number of hydrogen-bond acceptors (Lipinski definition) is 2. The Hall–Kier alpha value is -2.37. The van der Waals surface area contributed by atoms with Crippen LogP contribution in [0.3, 0.4) is 0 Å². The minimum Gasteiger partial charge on any atom is -0.310 e. The summed E-state index contributed by atoms with van der Waals surface area (Å²) >= 11 is 0. The lowest BCUT2D eigenvalue weighted by atomic mass is 10.1. The maximum Gasteiger partial charge on any atom is 0.230 e. The van der Waals surface area contributed by atoms with Crippen LogP contribution in [0.4, 0.5) is 19.0 Å². The smallest absolute Gasteiger partial charge is 0.230 e. The molecule has 0 radical (unpaired) electrons. The summed E-state index contributed by atoms with van der Waals surface area (Å²) in [5.41, 5.74) is 0.684. The summed E-state index contributed by atoms with van der Waals surface area (Å²) in [4.78, 5) is 15.6. The molecule has 1 aromatic carbocycles. The van der Waals surface area contributed by atoms with Crippen LogP contribution in [0.15, 0.2) is 30.5 Å². The van der Waals surface area contributed by atoms with Gasteiger partial charge in [-0.1, -0.05) is 6.07 Å². The van der Waals surface area contributed by atoms with E-state index < -0.39 is 29.8 Å². The fourth-order valence-electron chi connectivity index (χ4n) is 1.67. The number of pyridine rings is 1. The third-order valence-electron chi connectivity index (χ3n) is 2.65. The molecule has 0 bridgehead atoms. The largest absolute Gasteiger partial charge is 0.310 e. The lowest BCUT2D eigenvalue weighted by Crippen LogP contribution is -2.16. The monoisotopic (exact) mass is 280 g/mol. The number of benzene rings is 1. The van der Waals surface area contributed by atoms with Crippen molar-refractivity contribution in [1.29, 1.82) is 0 Å². The zero-order valence-corrected chi connectivity index (χ0v) is 10.6. The number of halogens is 3. The van der Waals surface area contributed by atoms with Crippen LogP contribution < -0.4 is 5.32 Å². The summed E-state index contributed by atoms with van der Waals surface area (Å²) < 4.78 is 39.2. The predicted molar refractivity (Wildman–Crippen MR) is 67.6 cm³/mol. The lowest BCUT2D eigenvalue weighted by molar-refractivity contribution is -0.115. The number of nitrogens with one attached hydrogen (secondary N) is 1. The highest BCUT2D eigenvalue weighted by Crippen LogP contribution is 2.16. The van der Waals surface area contributed by atoms with Gasteiger partial charge < -0.3 is 5.32 Å². The number of nitrogens with zero attached hydrogens (tertiary/aromatic N) is 1. The van der Waals surface area contributed by atoms with Crippen LogP contribution >= 0.6 is 0 Å². The summed E-state index contributed by atoms with van der Waals surface area (Å²) in [5.74, 6) is -4.46. The molecule has 0 saturated heterocycles. The molecule has 2 aromatic rings. The predicted octanol–water partition coefficient (Wildman–Crippen LogP) is 2.99. The van der Waals surface area contributed by atoms with E-state index in [1.165, 1.54) is 6.20 Å². The van der Waals surface area contributed by atoms with Gasteiger partial charge in [-0.05, 0) is 30.7 Å². The molecule has 0 aliphatic heterocycles. The number of hydrogen-bond donors (Lipinski definition) is 1. The Labute approximate surface area is 113 Å². The molecule has 0 spiro atoms. The van der Waals surface area contributed by atoms with E-state index >= 15 is 0 Å². The van der Waals surface area contributed by atoms with Gasteiger partial charge in [-0.25, -0.2) is 18.2 Å². The number of carbonyl (C=O) groups is 1. The van der Waals surface area contributed by atoms with Gasteiger partial charge in [0.05, 0.1) is 6.42 Å². The third kappa shape index (κ3) is 3.14. The fraction of sp³-hybridized carbons (Fsp3) is 0.143. The van der Waals surface area contributed by atoms with Crippen LogP contribution in [0.25, 0.3) is 0 Å². The van der Waals surface area contributed by atoms with Gasteiger partial charge in [0.1, 0.15) is 5.82 Å². The first-order valence-electron chi connectivity index (χ1n) is 5.82. The van der Waals surface area contributed by atoms with Gasteiger partial charge in [0.15, 0.2) is 17.5 Å². The minimum absolute atomic E-state index is 0.214. The second-order valence-electron chi connectivity index (χ2n) is 4.28. The molecule has 1 N–H and O–H groups in total. The molecule has 0 aliphatic carbocycles. The van der Waals surface area contributed by atoms with Gasteiger partial charge in [-0.15, -0.1) is 0 Å². The van der Waals surface area contributed by atoms with Crippen LogP contribution in [0, 0.1) is 24.4 Å². The van der Waals surface area contributed by atoms with E-state index in [1.807, 2.05) is 6.92 Å². The zero-order valence-electron chi connectivity index (χ0n) is 10.6. The maximum absolute atomic E-state index is 13.4. The topological polar surface area (TPSA) is 42.0 Å². The first-order valence-corrected chi connectivity index (χ1v) is 5.82. The molecule has 2 rings (SSSR count). The molecular weight excluding hydrogens is 269 g/mol. The number of aromatic nitrogens is 1. The molecule has 1 aromatic heterocycles. The van der Waals surface area contributed by atoms with E-state index in [2.05, 4.69) is 10.3 Å². The second kappa shape index (κ2) is 5.73. The summed E-state index contributed by atoms with van der Waals surface area (Å²) in [7, 11) is 0. The van der Waals surface area contributed by atoms with E-state index in [9.17, 15) is 18.0 Å². The Morgan fingerprint density at radius 1 is 1.20 bits per heavy atom. The van der Waals surface area contributed by atoms with Gasteiger partial charge in [0.25, 0.3) is 0 Å². The van der Waals surface area contributed by atoms with Gasteiger partial charge in [-0.3, -0.25) is 4.79 Å². The van der Waals surface area contributed by atoms with Gasteiger partial charge in [0.2, 0.25) is 5.91 Å². The molecule has 0 saturated carbocycles. The number of amides is 1. The molecular formula is C14H11F3N2O. The quantitative estimate of drug-likeness (QED) is 0.878. The lowest BCUT2D eigenvalue weighted by Gasteiger charge is -2.06. The van der Waals surface area contributed by atoms with Gasteiger partial charge in [0, 0.05) is 11.8 Å². The van der Waals surface area contributed by atoms with Crippen LogP contribution in [-0.2, 0) is 11.2 Å².